The van der Waals surface area contributed by atoms with Crippen LogP contribution in [0.1, 0.15) is 50.8 Å². The average Bonchev–Trinajstić information content (AvgIpc) is 2.68. The van der Waals surface area contributed by atoms with Gasteiger partial charge in [-0.2, -0.15) is 0 Å². The van der Waals surface area contributed by atoms with Crippen LogP contribution in [0.15, 0.2) is 12.1 Å². The number of aromatic nitrogens is 1. The molecule has 1 aromatic rings. The van der Waals surface area contributed by atoms with E-state index in [0.717, 1.165) is 57.7 Å². The summed E-state index contributed by atoms with van der Waals surface area (Å²) in [6.07, 6.45) is 6.38. The molecule has 2 heterocycles. The molecule has 0 fully saturated rings. The molecule has 0 amide bonds. The Morgan fingerprint density at radius 2 is 2.19 bits per heavy atom. The maximum atomic E-state index is 11.4. The van der Waals surface area contributed by atoms with Crippen molar-refractivity contribution in [1.82, 2.24) is 9.88 Å². The summed E-state index contributed by atoms with van der Waals surface area (Å²) in [6, 6.07) is 4.03. The van der Waals surface area contributed by atoms with E-state index in [2.05, 4.69) is 29.3 Å². The number of carbonyl (C=O) groups is 1. The highest BCUT2D eigenvalue weighted by atomic mass is 16.5. The largest absolute Gasteiger partial charge is 0.380 e. The second-order valence-corrected chi connectivity index (χ2v) is 7.65. The molecule has 1 aliphatic heterocycles. The van der Waals surface area contributed by atoms with E-state index < -0.39 is 0 Å². The Hall–Kier alpha value is -1.50. The number of unbranched alkanes of at least 4 members (excludes halogenated alkanes) is 1. The first-order valence-corrected chi connectivity index (χ1v) is 10.2. The van der Waals surface area contributed by atoms with E-state index in [9.17, 15) is 4.79 Å². The van der Waals surface area contributed by atoms with Gasteiger partial charge < -0.3 is 20.7 Å². The van der Waals surface area contributed by atoms with E-state index in [1.54, 1.807) is 14.0 Å². The highest BCUT2D eigenvalue weighted by molar-refractivity contribution is 5.81. The lowest BCUT2D eigenvalue weighted by molar-refractivity contribution is -0.118. The van der Waals surface area contributed by atoms with Crippen molar-refractivity contribution >= 4 is 11.6 Å². The molecule has 0 saturated heterocycles. The Kier molecular flexibility index (Phi) is 9.18. The van der Waals surface area contributed by atoms with Gasteiger partial charge in [-0.05, 0) is 70.5 Å². The number of anilines is 1. The number of ketones is 1. The molecular weight excluding hydrogens is 340 g/mol. The fraction of sp³-hybridized carbons (Fsp3) is 0.714. The van der Waals surface area contributed by atoms with Gasteiger partial charge in [-0.25, -0.2) is 4.98 Å². The van der Waals surface area contributed by atoms with Gasteiger partial charge in [0.2, 0.25) is 0 Å². The van der Waals surface area contributed by atoms with Crippen molar-refractivity contribution < 1.29 is 9.53 Å². The van der Waals surface area contributed by atoms with E-state index in [1.807, 2.05) is 0 Å². The first-order valence-electron chi connectivity index (χ1n) is 10.2. The van der Waals surface area contributed by atoms with Crippen LogP contribution in [0.5, 0.6) is 0 Å². The Balaban J connectivity index is 1.77. The van der Waals surface area contributed by atoms with Gasteiger partial charge in [-0.15, -0.1) is 0 Å². The van der Waals surface area contributed by atoms with Crippen molar-refractivity contribution in [2.75, 3.05) is 38.6 Å². The molecule has 0 bridgehead atoms. The minimum Gasteiger partial charge on any atom is -0.380 e. The molecule has 6 heteroatoms. The summed E-state index contributed by atoms with van der Waals surface area (Å²) in [5, 5.41) is 3.40. The molecule has 2 atom stereocenters. The van der Waals surface area contributed by atoms with Crippen molar-refractivity contribution in [1.29, 1.82) is 0 Å². The second-order valence-electron chi connectivity index (χ2n) is 7.65. The lowest BCUT2D eigenvalue weighted by Crippen LogP contribution is -2.38. The molecule has 1 aromatic heterocycles. The number of ether oxygens (including phenoxy) is 1. The topological polar surface area (TPSA) is 80.5 Å². The minimum atomic E-state index is -0.363. The fourth-order valence-electron chi connectivity index (χ4n) is 3.41. The number of carbonyl (C=O) groups excluding carboxylic acids is 1. The zero-order valence-corrected chi connectivity index (χ0v) is 17.2. The lowest BCUT2D eigenvalue weighted by atomic mass is 10.1. The number of Topliss-reactive ketones (excluding diaryl/α,β-unsaturated/α-hetero) is 1. The van der Waals surface area contributed by atoms with Gasteiger partial charge in [0.05, 0.1) is 12.1 Å². The molecule has 0 radical (unpaired) electrons. The minimum absolute atomic E-state index is 0.0573. The first kappa shape index (κ1) is 21.8. The molecule has 6 nitrogen and oxygen atoms in total. The summed E-state index contributed by atoms with van der Waals surface area (Å²) in [5.74, 6) is 1.13. The molecule has 0 spiro atoms. The quantitative estimate of drug-likeness (QED) is 0.545. The third kappa shape index (κ3) is 7.56. The van der Waals surface area contributed by atoms with Crippen LogP contribution in [-0.2, 0) is 22.4 Å². The maximum Gasteiger partial charge on any atom is 0.146 e. The third-order valence-electron chi connectivity index (χ3n) is 5.31. The van der Waals surface area contributed by atoms with E-state index in [4.69, 9.17) is 15.5 Å². The summed E-state index contributed by atoms with van der Waals surface area (Å²) in [4.78, 5) is 18.5. The molecule has 0 aromatic carbocycles. The van der Waals surface area contributed by atoms with Crippen molar-refractivity contribution in [3.63, 3.8) is 0 Å². The van der Waals surface area contributed by atoms with E-state index >= 15 is 0 Å². The average molecular weight is 377 g/mol. The van der Waals surface area contributed by atoms with Crippen molar-refractivity contribution in [2.24, 2.45) is 5.73 Å². The third-order valence-corrected chi connectivity index (χ3v) is 5.31. The lowest BCUT2D eigenvalue weighted by Gasteiger charge is -2.26. The summed E-state index contributed by atoms with van der Waals surface area (Å²) >= 11 is 0. The van der Waals surface area contributed by atoms with Crippen molar-refractivity contribution in [3.8, 4) is 0 Å². The number of hydrogen-bond donors (Lipinski definition) is 2. The predicted molar refractivity (Wildman–Crippen MR) is 110 cm³/mol. The number of methoxy groups -OCH3 is 1. The standard InChI is InChI=1S/C21H36N4O2/c1-16(27-3)15-25(14-11-20(22)17(2)26)13-5-4-8-19-10-9-18-7-6-12-23-21(18)24-19/h9-10,16,20H,4-8,11-15,22H2,1-3H3,(H,23,24)/t16-,20?/m1/s1. The van der Waals surface area contributed by atoms with Crippen LogP contribution in [0.3, 0.4) is 0 Å². The van der Waals surface area contributed by atoms with E-state index in [-0.39, 0.29) is 17.9 Å². The Morgan fingerprint density at radius 1 is 1.37 bits per heavy atom. The Bertz CT molecular complexity index is 594. The molecular formula is C21H36N4O2. The van der Waals surface area contributed by atoms with Crippen LogP contribution >= 0.6 is 0 Å². The first-order chi connectivity index (χ1) is 13.0. The van der Waals surface area contributed by atoms with Gasteiger partial charge >= 0.3 is 0 Å². The predicted octanol–water partition coefficient (Wildman–Crippen LogP) is 2.41. The van der Waals surface area contributed by atoms with Crippen molar-refractivity contribution in [2.45, 2.75) is 64.5 Å². The van der Waals surface area contributed by atoms with Crippen LogP contribution in [0.2, 0.25) is 0 Å². The Labute approximate surface area is 163 Å². The molecule has 2 rings (SSSR count). The van der Waals surface area contributed by atoms with Gasteiger partial charge in [-0.1, -0.05) is 6.07 Å². The van der Waals surface area contributed by atoms with Gasteiger partial charge in [0.25, 0.3) is 0 Å². The molecule has 1 aliphatic rings. The summed E-state index contributed by atoms with van der Waals surface area (Å²) in [7, 11) is 1.74. The monoisotopic (exact) mass is 376 g/mol. The zero-order valence-electron chi connectivity index (χ0n) is 17.2. The van der Waals surface area contributed by atoms with Crippen LogP contribution < -0.4 is 11.1 Å². The van der Waals surface area contributed by atoms with E-state index in [1.165, 1.54) is 17.7 Å². The van der Waals surface area contributed by atoms with Gasteiger partial charge in [0.1, 0.15) is 11.6 Å². The molecule has 1 unspecified atom stereocenters. The smallest absolute Gasteiger partial charge is 0.146 e. The molecule has 3 N–H and O–H groups in total. The number of fused-ring (bicyclic) bond motifs is 1. The van der Waals surface area contributed by atoms with Crippen molar-refractivity contribution in [3.05, 3.63) is 23.4 Å². The second kappa shape index (κ2) is 11.4. The summed E-state index contributed by atoms with van der Waals surface area (Å²) in [6.45, 7) is 7.34. The Morgan fingerprint density at radius 3 is 2.93 bits per heavy atom. The van der Waals surface area contributed by atoms with Crippen LogP contribution in [-0.4, -0.2) is 61.1 Å². The zero-order chi connectivity index (χ0) is 19.6. The molecule has 0 saturated carbocycles. The maximum absolute atomic E-state index is 11.4. The summed E-state index contributed by atoms with van der Waals surface area (Å²) < 4.78 is 5.41. The number of nitrogens with two attached hydrogens (primary N) is 1. The fourth-order valence-corrected chi connectivity index (χ4v) is 3.41. The molecule has 152 valence electrons. The van der Waals surface area contributed by atoms with Gasteiger partial charge in [-0.3, -0.25) is 4.79 Å². The van der Waals surface area contributed by atoms with E-state index in [0.29, 0.717) is 6.42 Å². The normalized spacial score (nSPS) is 15.9. The number of hydrogen-bond acceptors (Lipinski definition) is 6. The summed E-state index contributed by atoms with van der Waals surface area (Å²) in [5.41, 5.74) is 8.40. The number of nitrogens with zero attached hydrogens (tertiary/aromatic N) is 2. The van der Waals surface area contributed by atoms with Crippen LogP contribution in [0.25, 0.3) is 0 Å². The van der Waals surface area contributed by atoms with Crippen LogP contribution in [0.4, 0.5) is 5.82 Å². The number of aryl methyl sites for hydroxylation is 2. The number of nitrogens with one attached hydrogen (secondary N) is 1. The molecule has 0 aliphatic carbocycles. The number of pyridine rings is 1. The highest BCUT2D eigenvalue weighted by Gasteiger charge is 2.14. The van der Waals surface area contributed by atoms with Gasteiger partial charge in [0.15, 0.2) is 0 Å². The highest BCUT2D eigenvalue weighted by Crippen LogP contribution is 2.20. The number of rotatable bonds is 12. The van der Waals surface area contributed by atoms with Gasteiger partial charge in [0, 0.05) is 32.4 Å². The molecule has 27 heavy (non-hydrogen) atoms. The van der Waals surface area contributed by atoms with Crippen LogP contribution in [0, 0.1) is 0 Å². The SMILES string of the molecule is CO[C@H](C)CN(CCCCc1ccc2c(n1)NCCC2)CCC(N)C(C)=O.